The normalized spacial score (nSPS) is 9.64. The standard InChI is InChI=1S/C9H10BClO3/c1-13-6-3-5(9(11)12)4-7(14-2)8(6)10/h3-4H,10H2,1-2H3. The van der Waals surface area contributed by atoms with E-state index in [0.29, 0.717) is 17.1 Å². The Kier molecular flexibility index (Phi) is 3.41. The first kappa shape index (κ1) is 10.9. The van der Waals surface area contributed by atoms with Crippen molar-refractivity contribution >= 4 is 30.2 Å². The Bertz CT molecular complexity index is 340. The van der Waals surface area contributed by atoms with Crippen LogP contribution in [0.25, 0.3) is 0 Å². The molecule has 3 nitrogen and oxygen atoms in total. The van der Waals surface area contributed by atoms with Crippen LogP contribution in [0.1, 0.15) is 10.4 Å². The van der Waals surface area contributed by atoms with Crippen molar-refractivity contribution < 1.29 is 14.3 Å². The first-order chi connectivity index (χ1) is 6.60. The van der Waals surface area contributed by atoms with Crippen LogP contribution in [-0.4, -0.2) is 27.3 Å². The highest BCUT2D eigenvalue weighted by Gasteiger charge is 2.11. The second-order valence-corrected chi connectivity index (χ2v) is 3.12. The number of halogens is 1. The molecule has 0 aliphatic heterocycles. The lowest BCUT2D eigenvalue weighted by molar-refractivity contribution is 0.108. The van der Waals surface area contributed by atoms with Gasteiger partial charge in [0.2, 0.25) is 0 Å². The summed E-state index contributed by atoms with van der Waals surface area (Å²) >= 11 is 5.36. The summed E-state index contributed by atoms with van der Waals surface area (Å²) in [6.07, 6.45) is 0. The molecule has 5 heteroatoms. The smallest absolute Gasteiger partial charge is 0.252 e. The van der Waals surface area contributed by atoms with Crippen LogP contribution >= 0.6 is 11.6 Å². The van der Waals surface area contributed by atoms with Gasteiger partial charge in [0, 0.05) is 5.56 Å². The van der Waals surface area contributed by atoms with Gasteiger partial charge in [-0.2, -0.15) is 0 Å². The molecule has 0 amide bonds. The van der Waals surface area contributed by atoms with Gasteiger partial charge >= 0.3 is 0 Å². The largest absolute Gasteiger partial charge is 0.497 e. The van der Waals surface area contributed by atoms with Gasteiger partial charge in [-0.25, -0.2) is 0 Å². The third kappa shape index (κ3) is 2.01. The average molecular weight is 212 g/mol. The molecule has 0 saturated carbocycles. The summed E-state index contributed by atoms with van der Waals surface area (Å²) in [7, 11) is 4.91. The van der Waals surface area contributed by atoms with Crippen molar-refractivity contribution in [1.82, 2.24) is 0 Å². The minimum absolute atomic E-state index is 0.367. The summed E-state index contributed by atoms with van der Waals surface area (Å²) in [4.78, 5) is 10.9. The van der Waals surface area contributed by atoms with E-state index >= 15 is 0 Å². The van der Waals surface area contributed by atoms with Gasteiger partial charge in [-0.15, -0.1) is 0 Å². The molecule has 0 aromatic heterocycles. The van der Waals surface area contributed by atoms with Gasteiger partial charge in [-0.1, -0.05) is 0 Å². The van der Waals surface area contributed by atoms with Crippen molar-refractivity contribution in [2.75, 3.05) is 14.2 Å². The van der Waals surface area contributed by atoms with E-state index in [4.69, 9.17) is 21.1 Å². The predicted octanol–water partition coefficient (Wildman–Crippen LogP) is 0.341. The minimum atomic E-state index is -0.526. The number of rotatable bonds is 3. The van der Waals surface area contributed by atoms with E-state index in [2.05, 4.69) is 0 Å². The zero-order chi connectivity index (χ0) is 10.7. The fourth-order valence-corrected chi connectivity index (χ4v) is 1.31. The Morgan fingerprint density at radius 1 is 1.29 bits per heavy atom. The number of hydrogen-bond donors (Lipinski definition) is 0. The SMILES string of the molecule is Bc1c(OC)cc(C(=O)Cl)cc1OC. The molecular weight excluding hydrogens is 202 g/mol. The molecule has 0 fully saturated rings. The molecule has 0 unspecified atom stereocenters. The lowest BCUT2D eigenvalue weighted by Gasteiger charge is -2.10. The molecule has 0 spiro atoms. The molecule has 0 bridgehead atoms. The fourth-order valence-electron chi connectivity index (χ4n) is 1.20. The summed E-state index contributed by atoms with van der Waals surface area (Å²) in [5, 5.41) is -0.526. The third-order valence-corrected chi connectivity index (χ3v) is 2.20. The van der Waals surface area contributed by atoms with Gasteiger partial charge in [0.25, 0.3) is 5.24 Å². The van der Waals surface area contributed by atoms with Crippen LogP contribution in [0.5, 0.6) is 11.5 Å². The van der Waals surface area contributed by atoms with Crippen molar-refractivity contribution in [3.8, 4) is 11.5 Å². The molecule has 0 aliphatic rings. The van der Waals surface area contributed by atoms with E-state index in [1.165, 1.54) is 14.2 Å². The van der Waals surface area contributed by atoms with Crippen LogP contribution in [-0.2, 0) is 0 Å². The Morgan fingerprint density at radius 3 is 2.00 bits per heavy atom. The lowest BCUT2D eigenvalue weighted by atomic mass is 9.92. The molecular formula is C9H10BClO3. The number of carbonyl (C=O) groups is 1. The van der Waals surface area contributed by atoms with Crippen LogP contribution in [0.4, 0.5) is 0 Å². The number of benzene rings is 1. The van der Waals surface area contributed by atoms with Gasteiger partial charge in [0.15, 0.2) is 0 Å². The van der Waals surface area contributed by atoms with Crippen molar-refractivity contribution in [3.63, 3.8) is 0 Å². The molecule has 14 heavy (non-hydrogen) atoms. The van der Waals surface area contributed by atoms with Crippen molar-refractivity contribution in [1.29, 1.82) is 0 Å². The van der Waals surface area contributed by atoms with E-state index in [9.17, 15) is 4.79 Å². The highest BCUT2D eigenvalue weighted by atomic mass is 35.5. The number of ether oxygens (including phenoxy) is 2. The van der Waals surface area contributed by atoms with Gasteiger partial charge in [0.05, 0.1) is 14.2 Å². The average Bonchev–Trinajstić information content (AvgIpc) is 2.17. The topological polar surface area (TPSA) is 35.5 Å². The van der Waals surface area contributed by atoms with Gasteiger partial charge in [-0.05, 0) is 29.2 Å². The van der Waals surface area contributed by atoms with Crippen LogP contribution in [0.2, 0.25) is 0 Å². The Morgan fingerprint density at radius 2 is 1.71 bits per heavy atom. The highest BCUT2D eigenvalue weighted by Crippen LogP contribution is 2.19. The first-order valence-electron chi connectivity index (χ1n) is 4.02. The third-order valence-electron chi connectivity index (χ3n) is 1.98. The van der Waals surface area contributed by atoms with Crippen LogP contribution in [0.3, 0.4) is 0 Å². The van der Waals surface area contributed by atoms with Crippen LogP contribution < -0.4 is 14.9 Å². The summed E-state index contributed by atoms with van der Waals surface area (Å²) in [6.45, 7) is 0. The molecule has 1 aromatic rings. The number of carbonyl (C=O) groups excluding carboxylic acids is 1. The molecule has 0 heterocycles. The minimum Gasteiger partial charge on any atom is -0.497 e. The van der Waals surface area contributed by atoms with Gasteiger partial charge in [-0.3, -0.25) is 4.79 Å². The molecule has 0 atom stereocenters. The quantitative estimate of drug-likeness (QED) is 0.535. The molecule has 0 radical (unpaired) electrons. The van der Waals surface area contributed by atoms with E-state index in [0.717, 1.165) is 5.46 Å². The highest BCUT2D eigenvalue weighted by molar-refractivity contribution is 6.67. The van der Waals surface area contributed by atoms with Crippen molar-refractivity contribution in [2.45, 2.75) is 0 Å². The Balaban J connectivity index is 3.32. The monoisotopic (exact) mass is 212 g/mol. The molecule has 74 valence electrons. The van der Waals surface area contributed by atoms with Crippen LogP contribution in [0.15, 0.2) is 12.1 Å². The van der Waals surface area contributed by atoms with Crippen LogP contribution in [0, 0.1) is 0 Å². The van der Waals surface area contributed by atoms with Gasteiger partial charge < -0.3 is 9.47 Å². The molecule has 0 saturated heterocycles. The predicted molar refractivity (Wildman–Crippen MR) is 57.9 cm³/mol. The van der Waals surface area contributed by atoms with E-state index in [-0.39, 0.29) is 0 Å². The Hall–Kier alpha value is -1.16. The van der Waals surface area contributed by atoms with Crippen molar-refractivity contribution in [3.05, 3.63) is 17.7 Å². The van der Waals surface area contributed by atoms with Crippen molar-refractivity contribution in [2.24, 2.45) is 0 Å². The fraction of sp³-hybridized carbons (Fsp3) is 0.222. The van der Waals surface area contributed by atoms with E-state index in [1.54, 1.807) is 12.1 Å². The summed E-state index contributed by atoms with van der Waals surface area (Å²) in [6, 6.07) is 3.18. The summed E-state index contributed by atoms with van der Waals surface area (Å²) < 4.78 is 10.2. The molecule has 0 aliphatic carbocycles. The lowest BCUT2D eigenvalue weighted by Crippen LogP contribution is -2.12. The second-order valence-electron chi connectivity index (χ2n) is 2.78. The maximum atomic E-state index is 10.9. The maximum absolute atomic E-state index is 10.9. The first-order valence-corrected chi connectivity index (χ1v) is 4.40. The summed E-state index contributed by atoms with van der Waals surface area (Å²) in [5.41, 5.74) is 1.21. The molecule has 0 N–H and O–H groups in total. The molecule has 1 rings (SSSR count). The van der Waals surface area contributed by atoms with E-state index in [1.807, 2.05) is 7.85 Å². The maximum Gasteiger partial charge on any atom is 0.252 e. The number of methoxy groups -OCH3 is 2. The van der Waals surface area contributed by atoms with E-state index < -0.39 is 5.24 Å². The summed E-state index contributed by atoms with van der Waals surface area (Å²) in [5.74, 6) is 1.18. The second kappa shape index (κ2) is 4.37. The Labute approximate surface area is 88.4 Å². The molecule has 1 aromatic carbocycles. The zero-order valence-corrected chi connectivity index (χ0v) is 9.01. The zero-order valence-electron chi connectivity index (χ0n) is 8.26. The number of hydrogen-bond acceptors (Lipinski definition) is 3. The van der Waals surface area contributed by atoms with Gasteiger partial charge in [0.1, 0.15) is 19.3 Å².